The fourth-order valence-electron chi connectivity index (χ4n) is 2.29. The first kappa shape index (κ1) is 18.3. The Morgan fingerprint density at radius 2 is 2.04 bits per heavy atom. The lowest BCUT2D eigenvalue weighted by Crippen LogP contribution is -2.25. The largest absolute Gasteiger partial charge is 0.573 e. The zero-order chi connectivity index (χ0) is 17.4. The Hall–Kier alpha value is -1.00. The van der Waals surface area contributed by atoms with Gasteiger partial charge >= 0.3 is 6.36 Å². The van der Waals surface area contributed by atoms with Crippen LogP contribution >= 0.6 is 26.6 Å². The third-order valence-corrected chi connectivity index (χ3v) is 4.96. The molecular weight excluding hydrogens is 427 g/mol. The summed E-state index contributed by atoms with van der Waals surface area (Å²) < 4.78 is 62.6. The number of carbonyl (C=O) groups is 1. The molecule has 1 saturated heterocycles. The van der Waals surface area contributed by atoms with Gasteiger partial charge in [0.25, 0.3) is 0 Å². The highest BCUT2D eigenvalue weighted by atomic mass is 79.9. The first-order valence-corrected chi connectivity index (χ1v) is 9.50. The first-order chi connectivity index (χ1) is 10.4. The highest BCUT2D eigenvalue weighted by Gasteiger charge is 2.34. The van der Waals surface area contributed by atoms with Gasteiger partial charge in [0.2, 0.25) is 15.0 Å². The number of benzene rings is 1. The maximum absolute atomic E-state index is 12.2. The van der Waals surface area contributed by atoms with Crippen LogP contribution in [0.2, 0.25) is 0 Å². The summed E-state index contributed by atoms with van der Waals surface area (Å²) in [7, 11) is 1.44. The molecule has 11 heteroatoms. The lowest BCUT2D eigenvalue weighted by Gasteiger charge is -2.18. The van der Waals surface area contributed by atoms with Crippen molar-refractivity contribution in [2.45, 2.75) is 12.8 Å². The fraction of sp³-hybridized carbons (Fsp3) is 0.417. The molecule has 5 nitrogen and oxygen atoms in total. The van der Waals surface area contributed by atoms with Crippen molar-refractivity contribution in [1.29, 1.82) is 0 Å². The van der Waals surface area contributed by atoms with E-state index in [0.29, 0.717) is 5.69 Å². The maximum Gasteiger partial charge on any atom is 0.573 e. The van der Waals surface area contributed by atoms with E-state index < -0.39 is 27.1 Å². The summed E-state index contributed by atoms with van der Waals surface area (Å²) in [6, 6.07) is 3.67. The Morgan fingerprint density at radius 3 is 2.57 bits per heavy atom. The van der Waals surface area contributed by atoms with E-state index in [1.165, 1.54) is 17.0 Å². The normalized spacial score (nSPS) is 19.3. The predicted molar refractivity (Wildman–Crippen MR) is 80.9 cm³/mol. The van der Waals surface area contributed by atoms with E-state index in [2.05, 4.69) is 20.7 Å². The second-order valence-corrected chi connectivity index (χ2v) is 8.62. The van der Waals surface area contributed by atoms with E-state index in [1.807, 2.05) is 0 Å². The second kappa shape index (κ2) is 6.48. The number of nitrogens with zero attached hydrogens (tertiary/aromatic N) is 1. The van der Waals surface area contributed by atoms with E-state index in [9.17, 15) is 26.4 Å². The average molecular weight is 437 g/mol. The molecule has 0 saturated carbocycles. The Labute approximate surface area is 142 Å². The lowest BCUT2D eigenvalue weighted by atomic mass is 10.1. The van der Waals surface area contributed by atoms with Gasteiger partial charge in [0.1, 0.15) is 5.75 Å². The molecule has 1 amide bonds. The van der Waals surface area contributed by atoms with Crippen LogP contribution in [0.15, 0.2) is 22.7 Å². The van der Waals surface area contributed by atoms with Crippen LogP contribution in [0.1, 0.15) is 6.42 Å². The van der Waals surface area contributed by atoms with Gasteiger partial charge in [0.15, 0.2) is 0 Å². The van der Waals surface area contributed by atoms with Crippen molar-refractivity contribution in [1.82, 2.24) is 0 Å². The van der Waals surface area contributed by atoms with Crippen molar-refractivity contribution in [2.75, 3.05) is 17.2 Å². The summed E-state index contributed by atoms with van der Waals surface area (Å²) in [4.78, 5) is 13.3. The van der Waals surface area contributed by atoms with Gasteiger partial charge in [-0.2, -0.15) is 0 Å². The molecule has 1 fully saturated rings. The van der Waals surface area contributed by atoms with E-state index >= 15 is 0 Å². The van der Waals surface area contributed by atoms with Crippen LogP contribution in [0, 0.1) is 5.92 Å². The molecule has 0 radical (unpaired) electrons. The van der Waals surface area contributed by atoms with Crippen LogP contribution in [0.4, 0.5) is 18.9 Å². The molecule has 1 aromatic rings. The van der Waals surface area contributed by atoms with Crippen LogP contribution < -0.4 is 9.64 Å². The van der Waals surface area contributed by atoms with Gasteiger partial charge in [0.05, 0.1) is 10.2 Å². The summed E-state index contributed by atoms with van der Waals surface area (Å²) in [6.07, 6.45) is -4.82. The zero-order valence-electron chi connectivity index (χ0n) is 11.3. The molecule has 0 spiro atoms. The van der Waals surface area contributed by atoms with E-state index in [0.717, 1.165) is 6.07 Å². The van der Waals surface area contributed by atoms with Crippen molar-refractivity contribution in [3.63, 3.8) is 0 Å². The summed E-state index contributed by atoms with van der Waals surface area (Å²) >= 11 is 2.95. The number of hydrogen-bond acceptors (Lipinski definition) is 4. The monoisotopic (exact) mass is 435 g/mol. The number of anilines is 1. The first-order valence-electron chi connectivity index (χ1n) is 6.22. The molecule has 0 N–H and O–H groups in total. The number of halogens is 5. The molecule has 1 atom stereocenters. The van der Waals surface area contributed by atoms with E-state index in [1.54, 1.807) is 0 Å². The molecule has 23 heavy (non-hydrogen) atoms. The third kappa shape index (κ3) is 5.25. The smallest absolute Gasteiger partial charge is 0.405 e. The summed E-state index contributed by atoms with van der Waals surface area (Å²) in [5.41, 5.74) is 0.339. The highest BCUT2D eigenvalue weighted by molar-refractivity contribution is 9.10. The average Bonchev–Trinajstić information content (AvgIpc) is 2.68. The minimum Gasteiger partial charge on any atom is -0.405 e. The topological polar surface area (TPSA) is 63.7 Å². The molecule has 1 aliphatic heterocycles. The number of ether oxygens (including phenoxy) is 1. The van der Waals surface area contributed by atoms with Gasteiger partial charge in [-0.15, -0.1) is 13.2 Å². The molecule has 1 heterocycles. The molecule has 1 aliphatic rings. The van der Waals surface area contributed by atoms with Crippen molar-refractivity contribution in [3.8, 4) is 5.75 Å². The Bertz CT molecular complexity index is 726. The van der Waals surface area contributed by atoms with Crippen LogP contribution in [0.25, 0.3) is 0 Å². The van der Waals surface area contributed by atoms with Crippen LogP contribution in [0.5, 0.6) is 5.75 Å². The highest BCUT2D eigenvalue weighted by Crippen LogP contribution is 2.35. The van der Waals surface area contributed by atoms with Gasteiger partial charge < -0.3 is 9.64 Å². The molecule has 1 unspecified atom stereocenters. The standard InChI is InChI=1S/C12H10BrClF3NO4S/c13-9-4-8(1-2-10(9)22-12(15,16)17)18-5-7(3-11(18)19)6-23(14,20)21/h1-2,4,7H,3,5-6H2. The van der Waals surface area contributed by atoms with Crippen molar-refractivity contribution in [2.24, 2.45) is 5.92 Å². The predicted octanol–water partition coefficient (Wildman–Crippen LogP) is 3.27. The third-order valence-electron chi connectivity index (χ3n) is 3.09. The fourth-order valence-corrected chi connectivity index (χ4v) is 4.06. The number of amides is 1. The van der Waals surface area contributed by atoms with E-state index in [4.69, 9.17) is 10.7 Å². The molecule has 0 bridgehead atoms. The summed E-state index contributed by atoms with van der Waals surface area (Å²) in [5, 5.41) is 0. The molecular formula is C12H10BrClF3NO4S. The molecule has 1 aromatic carbocycles. The number of hydrogen-bond donors (Lipinski definition) is 0. The van der Waals surface area contributed by atoms with Gasteiger partial charge in [-0.25, -0.2) is 8.42 Å². The second-order valence-electron chi connectivity index (χ2n) is 4.94. The minimum atomic E-state index is -4.83. The molecule has 0 aromatic heterocycles. The van der Waals surface area contributed by atoms with Crippen LogP contribution in [0.3, 0.4) is 0 Å². The Morgan fingerprint density at radius 1 is 1.39 bits per heavy atom. The SMILES string of the molecule is O=C1CC(CS(=O)(=O)Cl)CN1c1ccc(OC(F)(F)F)c(Br)c1. The maximum atomic E-state index is 12.2. The van der Waals surface area contributed by atoms with Crippen molar-refractivity contribution in [3.05, 3.63) is 22.7 Å². The number of alkyl halides is 3. The van der Waals surface area contributed by atoms with E-state index in [-0.39, 0.29) is 29.1 Å². The van der Waals surface area contributed by atoms with Gasteiger partial charge in [0, 0.05) is 35.3 Å². The molecule has 128 valence electrons. The van der Waals surface area contributed by atoms with Crippen LogP contribution in [-0.4, -0.2) is 33.0 Å². The Balaban J connectivity index is 2.16. The molecule has 0 aliphatic carbocycles. The minimum absolute atomic E-state index is 0.00434. The summed E-state index contributed by atoms with van der Waals surface area (Å²) in [5.74, 6) is -1.57. The van der Waals surface area contributed by atoms with Crippen LogP contribution in [-0.2, 0) is 13.8 Å². The van der Waals surface area contributed by atoms with Crippen molar-refractivity contribution < 1.29 is 31.1 Å². The van der Waals surface area contributed by atoms with Gasteiger partial charge in [-0.3, -0.25) is 4.79 Å². The summed E-state index contributed by atoms with van der Waals surface area (Å²) in [6.45, 7) is 0.122. The zero-order valence-corrected chi connectivity index (χ0v) is 14.5. The van der Waals surface area contributed by atoms with Gasteiger partial charge in [-0.05, 0) is 34.1 Å². The number of carbonyl (C=O) groups excluding carboxylic acids is 1. The van der Waals surface area contributed by atoms with Crippen molar-refractivity contribution >= 4 is 47.3 Å². The quantitative estimate of drug-likeness (QED) is 0.680. The Kier molecular flexibility index (Phi) is 5.17. The lowest BCUT2D eigenvalue weighted by molar-refractivity contribution is -0.274. The number of rotatable bonds is 4. The molecule has 2 rings (SSSR count). The van der Waals surface area contributed by atoms with Gasteiger partial charge in [-0.1, -0.05) is 0 Å².